The molecule has 2 aromatic heterocycles. The molecular formula is C25H20N4O4. The van der Waals surface area contributed by atoms with Crippen LogP contribution in [0.4, 0.5) is 11.4 Å². The Morgan fingerprint density at radius 2 is 1.45 bits per heavy atom. The van der Waals surface area contributed by atoms with Gasteiger partial charge in [0.25, 0.3) is 17.7 Å². The van der Waals surface area contributed by atoms with E-state index in [9.17, 15) is 14.4 Å². The van der Waals surface area contributed by atoms with Crippen molar-refractivity contribution in [2.24, 2.45) is 0 Å². The summed E-state index contributed by atoms with van der Waals surface area (Å²) >= 11 is 0. The topological polar surface area (TPSA) is 113 Å². The quantitative estimate of drug-likeness (QED) is 0.400. The first-order valence-electron chi connectivity index (χ1n) is 10.1. The Kier molecular flexibility index (Phi) is 6.56. The lowest BCUT2D eigenvalue weighted by Crippen LogP contribution is -2.23. The highest BCUT2D eigenvalue weighted by molar-refractivity contribution is 6.04. The molecule has 4 rings (SSSR count). The number of amides is 3. The monoisotopic (exact) mass is 440 g/mol. The molecule has 8 nitrogen and oxygen atoms in total. The Hall–Kier alpha value is -4.72. The third-order valence-electron chi connectivity index (χ3n) is 4.73. The molecule has 0 aliphatic carbocycles. The summed E-state index contributed by atoms with van der Waals surface area (Å²) in [4.78, 5) is 40.7. The van der Waals surface area contributed by atoms with Crippen LogP contribution in [0.25, 0.3) is 0 Å². The zero-order valence-corrected chi connectivity index (χ0v) is 17.4. The zero-order valence-electron chi connectivity index (χ0n) is 17.4. The van der Waals surface area contributed by atoms with Gasteiger partial charge in [-0.25, -0.2) is 0 Å². The molecule has 0 saturated heterocycles. The molecule has 2 heterocycles. The van der Waals surface area contributed by atoms with Crippen molar-refractivity contribution < 1.29 is 18.8 Å². The molecule has 0 atom stereocenters. The van der Waals surface area contributed by atoms with Crippen molar-refractivity contribution in [3.8, 4) is 0 Å². The van der Waals surface area contributed by atoms with Crippen molar-refractivity contribution in [3.05, 3.63) is 114 Å². The van der Waals surface area contributed by atoms with Crippen LogP contribution in [-0.2, 0) is 6.54 Å². The third kappa shape index (κ3) is 5.71. The summed E-state index contributed by atoms with van der Waals surface area (Å²) in [6.07, 6.45) is 4.54. The van der Waals surface area contributed by atoms with Gasteiger partial charge in [0.15, 0.2) is 5.76 Å². The number of hydrogen-bond donors (Lipinski definition) is 3. The largest absolute Gasteiger partial charge is 0.459 e. The molecule has 33 heavy (non-hydrogen) atoms. The predicted molar refractivity (Wildman–Crippen MR) is 123 cm³/mol. The Bertz CT molecular complexity index is 1250. The Labute approximate surface area is 189 Å². The maximum absolute atomic E-state index is 12.5. The second-order valence-corrected chi connectivity index (χ2v) is 7.08. The van der Waals surface area contributed by atoms with Gasteiger partial charge in [0.2, 0.25) is 0 Å². The zero-order chi connectivity index (χ0) is 23.0. The van der Waals surface area contributed by atoms with Crippen LogP contribution in [-0.4, -0.2) is 22.7 Å². The van der Waals surface area contributed by atoms with Crippen LogP contribution < -0.4 is 16.0 Å². The fourth-order valence-corrected chi connectivity index (χ4v) is 3.06. The van der Waals surface area contributed by atoms with E-state index in [4.69, 9.17) is 4.42 Å². The molecule has 0 aliphatic heterocycles. The fourth-order valence-electron chi connectivity index (χ4n) is 3.06. The van der Waals surface area contributed by atoms with Crippen LogP contribution in [0.5, 0.6) is 0 Å². The number of carbonyl (C=O) groups excluding carboxylic acids is 3. The Morgan fingerprint density at radius 3 is 2.18 bits per heavy atom. The summed E-state index contributed by atoms with van der Waals surface area (Å²) < 4.78 is 5.05. The number of anilines is 2. The van der Waals surface area contributed by atoms with Crippen LogP contribution in [0.15, 0.2) is 95.9 Å². The van der Waals surface area contributed by atoms with Crippen molar-refractivity contribution in [2.45, 2.75) is 6.54 Å². The molecule has 0 bridgehead atoms. The van der Waals surface area contributed by atoms with E-state index in [1.807, 2.05) is 6.07 Å². The molecule has 3 amide bonds. The molecule has 0 spiro atoms. The molecule has 4 aromatic rings. The minimum Gasteiger partial charge on any atom is -0.459 e. The Balaban J connectivity index is 1.31. The molecule has 164 valence electrons. The van der Waals surface area contributed by atoms with E-state index in [0.29, 0.717) is 22.5 Å². The highest BCUT2D eigenvalue weighted by Gasteiger charge is 2.10. The van der Waals surface area contributed by atoms with E-state index in [-0.39, 0.29) is 30.0 Å². The van der Waals surface area contributed by atoms with Crippen LogP contribution >= 0.6 is 0 Å². The molecule has 0 unspecified atom stereocenters. The number of benzene rings is 2. The van der Waals surface area contributed by atoms with E-state index in [1.165, 1.54) is 6.26 Å². The number of pyridine rings is 1. The van der Waals surface area contributed by atoms with Gasteiger partial charge in [-0.05, 0) is 66.2 Å². The summed E-state index contributed by atoms with van der Waals surface area (Å²) in [6, 6.07) is 20.2. The van der Waals surface area contributed by atoms with Crippen LogP contribution in [0.3, 0.4) is 0 Å². The lowest BCUT2D eigenvalue weighted by molar-refractivity contribution is 0.0949. The van der Waals surface area contributed by atoms with Crippen LogP contribution in [0.1, 0.15) is 36.8 Å². The average molecular weight is 440 g/mol. The molecule has 0 fully saturated rings. The van der Waals surface area contributed by atoms with Crippen LogP contribution in [0.2, 0.25) is 0 Å². The van der Waals surface area contributed by atoms with Gasteiger partial charge in [0.1, 0.15) is 0 Å². The third-order valence-corrected chi connectivity index (χ3v) is 4.73. The normalized spacial score (nSPS) is 10.3. The van der Waals surface area contributed by atoms with Gasteiger partial charge in [-0.15, -0.1) is 0 Å². The molecule has 0 saturated carbocycles. The van der Waals surface area contributed by atoms with Gasteiger partial charge >= 0.3 is 0 Å². The first-order chi connectivity index (χ1) is 16.1. The smallest absolute Gasteiger partial charge is 0.291 e. The second-order valence-electron chi connectivity index (χ2n) is 7.08. The van der Waals surface area contributed by atoms with E-state index in [2.05, 4.69) is 20.9 Å². The Morgan fingerprint density at radius 1 is 0.727 bits per heavy atom. The number of nitrogens with zero attached hydrogens (tertiary/aromatic N) is 1. The maximum Gasteiger partial charge on any atom is 0.291 e. The van der Waals surface area contributed by atoms with Gasteiger partial charge in [-0.1, -0.05) is 12.1 Å². The SMILES string of the molecule is O=C(NCc1cccc(NC(=O)c2ccncc2)c1)c1ccc(NC(=O)c2ccco2)cc1. The van der Waals surface area contributed by atoms with Crippen molar-refractivity contribution in [1.29, 1.82) is 0 Å². The summed E-state index contributed by atoms with van der Waals surface area (Å²) in [5.41, 5.74) is 2.96. The van der Waals surface area contributed by atoms with E-state index < -0.39 is 0 Å². The van der Waals surface area contributed by atoms with E-state index in [1.54, 1.807) is 79.1 Å². The lowest BCUT2D eigenvalue weighted by Gasteiger charge is -2.09. The van der Waals surface area contributed by atoms with Crippen molar-refractivity contribution in [3.63, 3.8) is 0 Å². The number of rotatable bonds is 7. The number of furan rings is 1. The summed E-state index contributed by atoms with van der Waals surface area (Å²) in [5.74, 6) is -0.660. The van der Waals surface area contributed by atoms with Crippen molar-refractivity contribution >= 4 is 29.1 Å². The fraction of sp³-hybridized carbons (Fsp3) is 0.0400. The van der Waals surface area contributed by atoms with Crippen molar-refractivity contribution in [2.75, 3.05) is 10.6 Å². The summed E-state index contributed by atoms with van der Waals surface area (Å²) in [7, 11) is 0. The maximum atomic E-state index is 12.5. The molecule has 0 radical (unpaired) electrons. The number of carbonyl (C=O) groups is 3. The van der Waals surface area contributed by atoms with Gasteiger partial charge in [-0.3, -0.25) is 19.4 Å². The molecule has 3 N–H and O–H groups in total. The highest BCUT2D eigenvalue weighted by atomic mass is 16.3. The molecule has 2 aromatic carbocycles. The standard InChI is InChI=1S/C25H20N4O4/c30-23(18-6-8-20(9-7-18)28-25(32)22-5-2-14-33-22)27-16-17-3-1-4-21(15-17)29-24(31)19-10-12-26-13-11-19/h1-15H,16H2,(H,27,30)(H,28,32)(H,29,31). The van der Waals surface area contributed by atoms with E-state index in [0.717, 1.165) is 5.56 Å². The second kappa shape index (κ2) is 10.1. The minimum atomic E-state index is -0.367. The van der Waals surface area contributed by atoms with E-state index >= 15 is 0 Å². The van der Waals surface area contributed by atoms with Crippen molar-refractivity contribution in [1.82, 2.24) is 10.3 Å². The van der Waals surface area contributed by atoms with Gasteiger partial charge in [0.05, 0.1) is 6.26 Å². The lowest BCUT2D eigenvalue weighted by atomic mass is 10.1. The van der Waals surface area contributed by atoms with Gasteiger partial charge < -0.3 is 20.4 Å². The first-order valence-corrected chi connectivity index (χ1v) is 10.1. The van der Waals surface area contributed by atoms with Gasteiger partial charge in [0, 0.05) is 41.4 Å². The summed E-state index contributed by atoms with van der Waals surface area (Å²) in [5, 5.41) is 8.38. The molecule has 0 aliphatic rings. The number of hydrogen-bond acceptors (Lipinski definition) is 5. The predicted octanol–water partition coefficient (Wildman–Crippen LogP) is 4.11. The highest BCUT2D eigenvalue weighted by Crippen LogP contribution is 2.14. The van der Waals surface area contributed by atoms with Gasteiger partial charge in [-0.2, -0.15) is 0 Å². The average Bonchev–Trinajstić information content (AvgIpc) is 3.39. The minimum absolute atomic E-state index is 0.205. The molecular weight excluding hydrogens is 420 g/mol. The summed E-state index contributed by atoms with van der Waals surface area (Å²) in [6.45, 7) is 0.286. The number of aromatic nitrogens is 1. The first kappa shape index (κ1) is 21.5. The van der Waals surface area contributed by atoms with Crippen LogP contribution in [0, 0.1) is 0 Å². The number of nitrogens with one attached hydrogen (secondary N) is 3. The molecule has 8 heteroatoms.